The van der Waals surface area contributed by atoms with Gasteiger partial charge in [-0.15, -0.1) is 0 Å². The predicted octanol–water partition coefficient (Wildman–Crippen LogP) is 4.67. The van der Waals surface area contributed by atoms with Crippen molar-refractivity contribution in [1.29, 1.82) is 0 Å². The van der Waals surface area contributed by atoms with Crippen molar-refractivity contribution in [1.82, 2.24) is 4.98 Å². The first-order valence-corrected chi connectivity index (χ1v) is 8.47. The number of aromatic nitrogens is 1. The van der Waals surface area contributed by atoms with Crippen molar-refractivity contribution in [3.05, 3.63) is 74.5 Å². The molecule has 0 spiro atoms. The minimum atomic E-state index is -0.196. The van der Waals surface area contributed by atoms with E-state index in [9.17, 15) is 9.59 Å². The highest BCUT2D eigenvalue weighted by Gasteiger charge is 2.10. The van der Waals surface area contributed by atoms with E-state index in [-0.39, 0.29) is 17.4 Å². The van der Waals surface area contributed by atoms with Gasteiger partial charge in [-0.2, -0.15) is 0 Å². The molecule has 0 aliphatic rings. The Morgan fingerprint density at radius 3 is 2.62 bits per heavy atom. The van der Waals surface area contributed by atoms with E-state index in [1.54, 1.807) is 24.3 Å². The molecule has 3 rings (SSSR count). The van der Waals surface area contributed by atoms with E-state index in [2.05, 4.69) is 40.1 Å². The molecule has 3 aromatic rings. The van der Waals surface area contributed by atoms with E-state index in [4.69, 9.17) is 0 Å². The second kappa shape index (κ2) is 6.61. The van der Waals surface area contributed by atoms with Crippen LogP contribution in [0.2, 0.25) is 0 Å². The zero-order valence-electron chi connectivity index (χ0n) is 13.4. The van der Waals surface area contributed by atoms with Gasteiger partial charge in [0.1, 0.15) is 0 Å². The van der Waals surface area contributed by atoms with Crippen LogP contribution in [-0.4, -0.2) is 10.9 Å². The highest BCUT2D eigenvalue weighted by atomic mass is 79.9. The number of H-pyrrole nitrogens is 1. The number of halogens is 1. The third-order valence-corrected chi connectivity index (χ3v) is 4.33. The average molecular weight is 385 g/mol. The van der Waals surface area contributed by atoms with E-state index >= 15 is 0 Å². The number of nitrogens with one attached hydrogen (secondary N) is 2. The Hall–Kier alpha value is -2.40. The van der Waals surface area contributed by atoms with Gasteiger partial charge in [-0.3, -0.25) is 9.59 Å². The summed E-state index contributed by atoms with van der Waals surface area (Å²) in [6, 6.07) is 14.4. The Morgan fingerprint density at radius 2 is 1.92 bits per heavy atom. The van der Waals surface area contributed by atoms with Gasteiger partial charge in [-0.05, 0) is 41.8 Å². The van der Waals surface area contributed by atoms with Gasteiger partial charge in [-0.25, -0.2) is 0 Å². The summed E-state index contributed by atoms with van der Waals surface area (Å²) in [6.45, 7) is 4.11. The molecule has 0 saturated carbocycles. The standard InChI is InChI=1S/C19H17BrN2O2/c1-11(2)16-10-18(23)22-17-9-14(6-7-15(16)17)21-19(24)12-4-3-5-13(20)8-12/h3-11H,1-2H3,(H,21,24)(H,22,23). The molecule has 0 saturated heterocycles. The average Bonchev–Trinajstić information content (AvgIpc) is 2.53. The topological polar surface area (TPSA) is 62.0 Å². The fourth-order valence-corrected chi connectivity index (χ4v) is 3.07. The summed E-state index contributed by atoms with van der Waals surface area (Å²) in [5.41, 5.74) is 2.79. The number of amides is 1. The van der Waals surface area contributed by atoms with E-state index in [1.165, 1.54) is 0 Å². The van der Waals surface area contributed by atoms with Crippen molar-refractivity contribution < 1.29 is 4.79 Å². The molecule has 0 unspecified atom stereocenters. The van der Waals surface area contributed by atoms with Crippen molar-refractivity contribution in [2.75, 3.05) is 5.32 Å². The highest BCUT2D eigenvalue weighted by Crippen LogP contribution is 2.25. The number of carbonyl (C=O) groups excluding carboxylic acids is 1. The zero-order chi connectivity index (χ0) is 17.3. The molecule has 0 fully saturated rings. The molecule has 0 radical (unpaired) electrons. The summed E-state index contributed by atoms with van der Waals surface area (Å²) in [6.07, 6.45) is 0. The van der Waals surface area contributed by atoms with Crippen molar-refractivity contribution >= 4 is 38.4 Å². The lowest BCUT2D eigenvalue weighted by molar-refractivity contribution is 0.102. The highest BCUT2D eigenvalue weighted by molar-refractivity contribution is 9.10. The van der Waals surface area contributed by atoms with Crippen LogP contribution in [0.5, 0.6) is 0 Å². The van der Waals surface area contributed by atoms with Gasteiger partial charge in [-0.1, -0.05) is 41.9 Å². The van der Waals surface area contributed by atoms with Gasteiger partial charge in [0.25, 0.3) is 5.91 Å². The molecule has 0 bridgehead atoms. The summed E-state index contributed by atoms with van der Waals surface area (Å²) in [4.78, 5) is 27.0. The number of hydrogen-bond acceptors (Lipinski definition) is 2. The Bertz CT molecular complexity index is 977. The molecule has 0 aliphatic carbocycles. The lowest BCUT2D eigenvalue weighted by Crippen LogP contribution is -2.12. The SMILES string of the molecule is CC(C)c1cc(=O)[nH]c2cc(NC(=O)c3cccc(Br)c3)ccc12. The maximum atomic E-state index is 12.3. The summed E-state index contributed by atoms with van der Waals surface area (Å²) < 4.78 is 0.847. The minimum absolute atomic E-state index is 0.137. The van der Waals surface area contributed by atoms with Crippen LogP contribution in [0.25, 0.3) is 10.9 Å². The molecular weight excluding hydrogens is 368 g/mol. The van der Waals surface area contributed by atoms with Crippen LogP contribution in [0.4, 0.5) is 5.69 Å². The molecule has 5 heteroatoms. The number of carbonyl (C=O) groups is 1. The molecule has 0 atom stereocenters. The van der Waals surface area contributed by atoms with E-state index in [1.807, 2.05) is 24.3 Å². The lowest BCUT2D eigenvalue weighted by Gasteiger charge is -2.11. The third-order valence-electron chi connectivity index (χ3n) is 3.84. The number of benzene rings is 2. The normalized spacial score (nSPS) is 11.0. The summed E-state index contributed by atoms with van der Waals surface area (Å²) >= 11 is 3.36. The number of rotatable bonds is 3. The molecule has 0 aliphatic heterocycles. The summed E-state index contributed by atoms with van der Waals surface area (Å²) in [7, 11) is 0. The molecule has 2 aromatic carbocycles. The van der Waals surface area contributed by atoms with Crippen molar-refractivity contribution in [2.24, 2.45) is 0 Å². The van der Waals surface area contributed by atoms with E-state index < -0.39 is 0 Å². The monoisotopic (exact) mass is 384 g/mol. The Balaban J connectivity index is 1.96. The first-order chi connectivity index (χ1) is 11.4. The first kappa shape index (κ1) is 16.5. The maximum absolute atomic E-state index is 12.3. The molecule has 2 N–H and O–H groups in total. The number of anilines is 1. The van der Waals surface area contributed by atoms with Crippen LogP contribution in [0.15, 0.2) is 57.8 Å². The minimum Gasteiger partial charge on any atom is -0.322 e. The van der Waals surface area contributed by atoms with Gasteiger partial charge in [0, 0.05) is 27.2 Å². The van der Waals surface area contributed by atoms with E-state index in [0.29, 0.717) is 11.3 Å². The Labute approximate surface area is 148 Å². The van der Waals surface area contributed by atoms with Gasteiger partial charge in [0.15, 0.2) is 0 Å². The zero-order valence-corrected chi connectivity index (χ0v) is 15.0. The molecular formula is C19H17BrN2O2. The molecule has 1 amide bonds. The van der Waals surface area contributed by atoms with Crippen molar-refractivity contribution in [2.45, 2.75) is 19.8 Å². The van der Waals surface area contributed by atoms with Crippen LogP contribution >= 0.6 is 15.9 Å². The number of fused-ring (bicyclic) bond motifs is 1. The van der Waals surface area contributed by atoms with Crippen LogP contribution in [-0.2, 0) is 0 Å². The summed E-state index contributed by atoms with van der Waals surface area (Å²) in [5.74, 6) is 0.0509. The Kier molecular flexibility index (Phi) is 4.53. The second-order valence-corrected chi connectivity index (χ2v) is 6.88. The van der Waals surface area contributed by atoms with Crippen LogP contribution in [0.3, 0.4) is 0 Å². The van der Waals surface area contributed by atoms with Gasteiger partial charge < -0.3 is 10.3 Å². The second-order valence-electron chi connectivity index (χ2n) is 5.97. The van der Waals surface area contributed by atoms with Gasteiger partial charge >= 0.3 is 0 Å². The molecule has 122 valence electrons. The first-order valence-electron chi connectivity index (χ1n) is 7.68. The van der Waals surface area contributed by atoms with Gasteiger partial charge in [0.2, 0.25) is 5.56 Å². The molecule has 1 heterocycles. The predicted molar refractivity (Wildman–Crippen MR) is 101 cm³/mol. The van der Waals surface area contributed by atoms with Gasteiger partial charge in [0.05, 0.1) is 5.52 Å². The number of pyridine rings is 1. The third kappa shape index (κ3) is 3.41. The maximum Gasteiger partial charge on any atom is 0.255 e. The molecule has 1 aromatic heterocycles. The molecule has 4 nitrogen and oxygen atoms in total. The largest absolute Gasteiger partial charge is 0.322 e. The van der Waals surface area contributed by atoms with Crippen LogP contribution in [0.1, 0.15) is 35.7 Å². The van der Waals surface area contributed by atoms with Crippen molar-refractivity contribution in [3.63, 3.8) is 0 Å². The number of hydrogen-bond donors (Lipinski definition) is 2. The number of aromatic amines is 1. The molecule has 24 heavy (non-hydrogen) atoms. The van der Waals surface area contributed by atoms with Crippen molar-refractivity contribution in [3.8, 4) is 0 Å². The summed E-state index contributed by atoms with van der Waals surface area (Å²) in [5, 5.41) is 3.85. The quantitative estimate of drug-likeness (QED) is 0.689. The fourth-order valence-electron chi connectivity index (χ4n) is 2.68. The van der Waals surface area contributed by atoms with Crippen LogP contribution in [0, 0.1) is 0 Å². The smallest absolute Gasteiger partial charge is 0.255 e. The fraction of sp³-hybridized carbons (Fsp3) is 0.158. The van der Waals surface area contributed by atoms with Crippen LogP contribution < -0.4 is 10.9 Å². The van der Waals surface area contributed by atoms with E-state index in [0.717, 1.165) is 20.9 Å². The lowest BCUT2D eigenvalue weighted by atomic mass is 9.99. The Morgan fingerprint density at radius 1 is 1.12 bits per heavy atom.